The molecule has 6 heteroatoms. The van der Waals surface area contributed by atoms with Crippen LogP contribution in [0.4, 0.5) is 9.18 Å². The fraction of sp³-hybridized carbons (Fsp3) is 0.375. The van der Waals surface area contributed by atoms with Crippen molar-refractivity contribution in [2.45, 2.75) is 39.8 Å². The lowest BCUT2D eigenvalue weighted by Crippen LogP contribution is -2.32. The lowest BCUT2D eigenvalue weighted by atomic mass is 10.0. The fourth-order valence-electron chi connectivity index (χ4n) is 2.05. The van der Waals surface area contributed by atoms with Crippen molar-refractivity contribution in [1.29, 1.82) is 0 Å². The molecule has 118 valence electrons. The van der Waals surface area contributed by atoms with Crippen LogP contribution in [0.1, 0.15) is 32.0 Å². The topological polar surface area (TPSA) is 67.0 Å². The molecule has 2 aromatic rings. The highest BCUT2D eigenvalue weighted by atomic mass is 19.1. The first-order chi connectivity index (χ1) is 10.2. The van der Waals surface area contributed by atoms with Gasteiger partial charge in [-0.3, -0.25) is 5.10 Å². The monoisotopic (exact) mass is 305 g/mol. The number of aromatic nitrogens is 2. The van der Waals surface area contributed by atoms with Gasteiger partial charge in [0.25, 0.3) is 0 Å². The number of halogens is 1. The third-order valence-electron chi connectivity index (χ3n) is 2.94. The molecule has 2 rings (SSSR count). The molecule has 0 aliphatic carbocycles. The van der Waals surface area contributed by atoms with Gasteiger partial charge in [0, 0.05) is 18.3 Å². The zero-order valence-electron chi connectivity index (χ0n) is 13.2. The molecule has 1 heterocycles. The molecule has 1 aromatic heterocycles. The van der Waals surface area contributed by atoms with Gasteiger partial charge in [-0.15, -0.1) is 0 Å². The number of amides is 1. The third kappa shape index (κ3) is 4.31. The first kappa shape index (κ1) is 16.0. The number of H-pyrrole nitrogens is 1. The predicted molar refractivity (Wildman–Crippen MR) is 81.8 cm³/mol. The molecule has 2 N–H and O–H groups in total. The molecule has 0 fully saturated rings. The van der Waals surface area contributed by atoms with E-state index in [0.717, 1.165) is 11.3 Å². The molecule has 0 aliphatic rings. The number of benzene rings is 1. The average molecular weight is 305 g/mol. The maximum atomic E-state index is 13.8. The summed E-state index contributed by atoms with van der Waals surface area (Å²) >= 11 is 0. The normalized spacial score (nSPS) is 11.3. The number of nitrogens with zero attached hydrogens (tertiary/aromatic N) is 1. The molecule has 1 amide bonds. The summed E-state index contributed by atoms with van der Waals surface area (Å²) in [5, 5.41) is 9.40. The lowest BCUT2D eigenvalue weighted by molar-refractivity contribution is 0.0523. The maximum Gasteiger partial charge on any atom is 0.407 e. The Labute approximate surface area is 128 Å². The second kappa shape index (κ2) is 6.17. The number of aromatic amines is 1. The van der Waals surface area contributed by atoms with Crippen LogP contribution in [0.3, 0.4) is 0 Å². The minimum Gasteiger partial charge on any atom is -0.444 e. The molecular formula is C16H20FN3O2. The Morgan fingerprint density at radius 3 is 2.68 bits per heavy atom. The van der Waals surface area contributed by atoms with E-state index in [2.05, 4.69) is 15.5 Å². The molecule has 0 bridgehead atoms. The Morgan fingerprint density at radius 1 is 1.36 bits per heavy atom. The van der Waals surface area contributed by atoms with E-state index in [9.17, 15) is 9.18 Å². The van der Waals surface area contributed by atoms with Crippen LogP contribution in [-0.4, -0.2) is 21.9 Å². The molecule has 22 heavy (non-hydrogen) atoms. The lowest BCUT2D eigenvalue weighted by Gasteiger charge is -2.19. The standard InChI is InChI=1S/C16H20FN3O2/c1-10-14(9-19-20-10)12-5-11(6-13(17)7-12)8-18-15(21)22-16(2,3)4/h5-7,9H,8H2,1-4H3,(H,18,21)(H,19,20). The van der Waals surface area contributed by atoms with Gasteiger partial charge < -0.3 is 10.1 Å². The smallest absolute Gasteiger partial charge is 0.407 e. The van der Waals surface area contributed by atoms with Crippen LogP contribution >= 0.6 is 0 Å². The molecule has 1 aromatic carbocycles. The van der Waals surface area contributed by atoms with E-state index in [1.165, 1.54) is 12.1 Å². The van der Waals surface area contributed by atoms with Gasteiger partial charge in [0.1, 0.15) is 11.4 Å². The van der Waals surface area contributed by atoms with Crippen molar-refractivity contribution in [1.82, 2.24) is 15.5 Å². The van der Waals surface area contributed by atoms with Crippen LogP contribution in [0.15, 0.2) is 24.4 Å². The molecule has 0 radical (unpaired) electrons. The Kier molecular flexibility index (Phi) is 4.49. The number of carbonyl (C=O) groups is 1. The van der Waals surface area contributed by atoms with Crippen molar-refractivity contribution in [3.63, 3.8) is 0 Å². The Hall–Kier alpha value is -2.37. The SMILES string of the molecule is Cc1n[nH]cc1-c1cc(F)cc(CNC(=O)OC(C)(C)C)c1. The van der Waals surface area contributed by atoms with E-state index >= 15 is 0 Å². The number of alkyl carbamates (subject to hydrolysis) is 1. The highest BCUT2D eigenvalue weighted by Gasteiger charge is 2.16. The van der Waals surface area contributed by atoms with Crippen molar-refractivity contribution in [2.75, 3.05) is 0 Å². The van der Waals surface area contributed by atoms with Gasteiger partial charge in [-0.2, -0.15) is 5.10 Å². The minimum atomic E-state index is -0.564. The highest BCUT2D eigenvalue weighted by molar-refractivity contribution is 5.68. The number of hydrogen-bond acceptors (Lipinski definition) is 3. The van der Waals surface area contributed by atoms with Crippen LogP contribution in [0.2, 0.25) is 0 Å². The Bertz CT molecular complexity index is 674. The second-order valence-electron chi connectivity index (χ2n) is 6.09. The summed E-state index contributed by atoms with van der Waals surface area (Å²) in [6.45, 7) is 7.39. The molecular weight excluding hydrogens is 285 g/mol. The number of rotatable bonds is 3. The molecule has 0 saturated heterocycles. The van der Waals surface area contributed by atoms with Gasteiger partial charge in [-0.25, -0.2) is 9.18 Å². The maximum absolute atomic E-state index is 13.8. The third-order valence-corrected chi connectivity index (χ3v) is 2.94. The zero-order chi connectivity index (χ0) is 16.3. The van der Waals surface area contributed by atoms with Gasteiger partial charge >= 0.3 is 6.09 Å². The van der Waals surface area contributed by atoms with Gasteiger partial charge in [0.2, 0.25) is 0 Å². The van der Waals surface area contributed by atoms with Gasteiger partial charge in [0.05, 0.1) is 5.69 Å². The van der Waals surface area contributed by atoms with Crippen LogP contribution in [0, 0.1) is 12.7 Å². The van der Waals surface area contributed by atoms with Crippen molar-refractivity contribution >= 4 is 6.09 Å². The molecule has 0 spiro atoms. The molecule has 0 saturated carbocycles. The summed E-state index contributed by atoms with van der Waals surface area (Å²) in [4.78, 5) is 11.6. The molecule has 0 atom stereocenters. The van der Waals surface area contributed by atoms with Crippen molar-refractivity contribution in [3.8, 4) is 11.1 Å². The molecule has 0 aliphatic heterocycles. The number of aryl methyl sites for hydroxylation is 1. The van der Waals surface area contributed by atoms with Crippen molar-refractivity contribution in [2.24, 2.45) is 0 Å². The van der Waals surface area contributed by atoms with E-state index in [-0.39, 0.29) is 12.4 Å². The number of ether oxygens (including phenoxy) is 1. The van der Waals surface area contributed by atoms with E-state index in [1.807, 2.05) is 13.0 Å². The fourth-order valence-corrected chi connectivity index (χ4v) is 2.05. The van der Waals surface area contributed by atoms with Gasteiger partial charge in [0.15, 0.2) is 0 Å². The second-order valence-corrected chi connectivity index (χ2v) is 6.09. The summed E-state index contributed by atoms with van der Waals surface area (Å²) in [6, 6.07) is 4.64. The van der Waals surface area contributed by atoms with Crippen LogP contribution < -0.4 is 5.32 Å². The van der Waals surface area contributed by atoms with E-state index in [1.54, 1.807) is 27.0 Å². The highest BCUT2D eigenvalue weighted by Crippen LogP contribution is 2.23. The summed E-state index contributed by atoms with van der Waals surface area (Å²) in [6.07, 6.45) is 1.19. The first-order valence-electron chi connectivity index (χ1n) is 7.02. The quantitative estimate of drug-likeness (QED) is 0.911. The first-order valence-corrected chi connectivity index (χ1v) is 7.02. The minimum absolute atomic E-state index is 0.191. The van der Waals surface area contributed by atoms with Crippen LogP contribution in [-0.2, 0) is 11.3 Å². The molecule has 0 unspecified atom stereocenters. The Balaban J connectivity index is 2.11. The summed E-state index contributed by atoms with van der Waals surface area (Å²) in [5.41, 5.74) is 2.42. The predicted octanol–water partition coefficient (Wildman–Crippen LogP) is 3.55. The number of nitrogens with one attached hydrogen (secondary N) is 2. The largest absolute Gasteiger partial charge is 0.444 e. The summed E-state index contributed by atoms with van der Waals surface area (Å²) in [7, 11) is 0. The number of carbonyl (C=O) groups excluding carboxylic acids is 1. The van der Waals surface area contributed by atoms with Gasteiger partial charge in [-0.1, -0.05) is 0 Å². The van der Waals surface area contributed by atoms with E-state index in [0.29, 0.717) is 11.1 Å². The van der Waals surface area contributed by atoms with Crippen LogP contribution in [0.25, 0.3) is 11.1 Å². The van der Waals surface area contributed by atoms with Crippen molar-refractivity contribution < 1.29 is 13.9 Å². The molecule has 5 nitrogen and oxygen atoms in total. The zero-order valence-corrected chi connectivity index (χ0v) is 13.2. The number of hydrogen-bond donors (Lipinski definition) is 2. The van der Waals surface area contributed by atoms with Gasteiger partial charge in [-0.05, 0) is 57.0 Å². The Morgan fingerprint density at radius 2 is 2.09 bits per heavy atom. The van der Waals surface area contributed by atoms with Crippen LogP contribution in [0.5, 0.6) is 0 Å². The summed E-state index contributed by atoms with van der Waals surface area (Å²) < 4.78 is 18.9. The summed E-state index contributed by atoms with van der Waals surface area (Å²) in [5.74, 6) is -0.362. The average Bonchev–Trinajstić information content (AvgIpc) is 2.80. The van der Waals surface area contributed by atoms with Crippen molar-refractivity contribution in [3.05, 3.63) is 41.5 Å². The van der Waals surface area contributed by atoms with E-state index < -0.39 is 11.7 Å². The van der Waals surface area contributed by atoms with E-state index in [4.69, 9.17) is 4.74 Å².